The van der Waals surface area contributed by atoms with Crippen molar-refractivity contribution in [3.63, 3.8) is 0 Å². The van der Waals surface area contributed by atoms with E-state index in [1.807, 2.05) is 43.3 Å². The van der Waals surface area contributed by atoms with Gasteiger partial charge in [-0.15, -0.1) is 0 Å². The Kier molecular flexibility index (Phi) is 3.83. The van der Waals surface area contributed by atoms with Crippen molar-refractivity contribution in [1.29, 1.82) is 0 Å². The van der Waals surface area contributed by atoms with Gasteiger partial charge in [0.05, 0.1) is 5.52 Å². The Hall–Kier alpha value is -2.75. The van der Waals surface area contributed by atoms with E-state index >= 15 is 0 Å². The topological polar surface area (TPSA) is 62.8 Å². The van der Waals surface area contributed by atoms with Crippen LogP contribution in [0.1, 0.15) is 39.3 Å². The number of carbonyl (C=O) groups is 2. The third-order valence-electron chi connectivity index (χ3n) is 3.69. The fourth-order valence-corrected chi connectivity index (χ4v) is 2.41. The predicted molar refractivity (Wildman–Crippen MR) is 85.2 cm³/mol. The van der Waals surface area contributed by atoms with Crippen molar-refractivity contribution < 1.29 is 9.59 Å². The van der Waals surface area contributed by atoms with E-state index in [0.717, 1.165) is 16.5 Å². The summed E-state index contributed by atoms with van der Waals surface area (Å²) in [5.74, 6) is -0.133. The number of hydrogen-bond acceptors (Lipinski definition) is 3. The second-order valence-corrected chi connectivity index (χ2v) is 5.33. The van der Waals surface area contributed by atoms with Crippen LogP contribution >= 0.6 is 0 Å². The number of aromatic nitrogens is 2. The zero-order chi connectivity index (χ0) is 15.5. The number of aromatic amines is 1. The van der Waals surface area contributed by atoms with Crippen LogP contribution in [0.4, 0.5) is 0 Å². The number of nitrogens with zero attached hydrogens (tertiary/aromatic N) is 1. The predicted octanol–water partition coefficient (Wildman–Crippen LogP) is 3.72. The van der Waals surface area contributed by atoms with Gasteiger partial charge in [-0.05, 0) is 13.0 Å². The SMILES string of the molecule is Cc1ccc(C(=O)CCC(=O)c2n[nH]c3ccccc23)cc1. The third-order valence-corrected chi connectivity index (χ3v) is 3.69. The number of fused-ring (bicyclic) bond motifs is 1. The molecule has 0 atom stereocenters. The number of ketones is 2. The minimum atomic E-state index is -0.113. The molecule has 110 valence electrons. The van der Waals surface area contributed by atoms with Gasteiger partial charge in [0.1, 0.15) is 5.69 Å². The molecule has 0 amide bonds. The van der Waals surface area contributed by atoms with Gasteiger partial charge in [0.2, 0.25) is 0 Å². The minimum Gasteiger partial charge on any atom is -0.294 e. The molecule has 0 saturated carbocycles. The molecule has 0 aliphatic carbocycles. The Balaban J connectivity index is 1.70. The van der Waals surface area contributed by atoms with E-state index in [2.05, 4.69) is 10.2 Å². The van der Waals surface area contributed by atoms with Gasteiger partial charge in [-0.3, -0.25) is 14.7 Å². The first-order chi connectivity index (χ1) is 10.6. The second kappa shape index (κ2) is 5.93. The lowest BCUT2D eigenvalue weighted by atomic mass is 10.0. The summed E-state index contributed by atoms with van der Waals surface area (Å²) < 4.78 is 0. The van der Waals surface area contributed by atoms with E-state index in [9.17, 15) is 9.59 Å². The van der Waals surface area contributed by atoms with Gasteiger partial charge in [-0.25, -0.2) is 0 Å². The highest BCUT2D eigenvalue weighted by Gasteiger charge is 2.15. The molecule has 0 aliphatic rings. The molecule has 22 heavy (non-hydrogen) atoms. The van der Waals surface area contributed by atoms with Crippen LogP contribution in [-0.2, 0) is 0 Å². The van der Waals surface area contributed by atoms with E-state index in [-0.39, 0.29) is 24.4 Å². The van der Waals surface area contributed by atoms with Crippen LogP contribution in [0.5, 0.6) is 0 Å². The normalized spacial score (nSPS) is 10.8. The van der Waals surface area contributed by atoms with Gasteiger partial charge in [0, 0.05) is 23.8 Å². The van der Waals surface area contributed by atoms with E-state index < -0.39 is 0 Å². The Bertz CT molecular complexity index is 832. The molecule has 2 aromatic carbocycles. The third kappa shape index (κ3) is 2.81. The van der Waals surface area contributed by atoms with Crippen molar-refractivity contribution in [1.82, 2.24) is 10.2 Å². The summed E-state index contributed by atoms with van der Waals surface area (Å²) in [7, 11) is 0. The average Bonchev–Trinajstić information content (AvgIpc) is 2.97. The smallest absolute Gasteiger partial charge is 0.184 e. The number of Topliss-reactive ketones (excluding diaryl/α,β-unsaturated/α-hetero) is 2. The van der Waals surface area contributed by atoms with E-state index in [0.29, 0.717) is 11.3 Å². The molecule has 0 unspecified atom stereocenters. The summed E-state index contributed by atoms with van der Waals surface area (Å²) in [6.45, 7) is 1.97. The molecular formula is C18H16N2O2. The zero-order valence-electron chi connectivity index (χ0n) is 12.3. The van der Waals surface area contributed by atoms with Crippen molar-refractivity contribution in [2.24, 2.45) is 0 Å². The highest BCUT2D eigenvalue weighted by molar-refractivity contribution is 6.07. The Morgan fingerprint density at radius 3 is 2.41 bits per heavy atom. The number of nitrogens with one attached hydrogen (secondary N) is 1. The van der Waals surface area contributed by atoms with Gasteiger partial charge in [-0.2, -0.15) is 5.10 Å². The number of benzene rings is 2. The highest BCUT2D eigenvalue weighted by Crippen LogP contribution is 2.17. The Morgan fingerprint density at radius 1 is 0.955 bits per heavy atom. The van der Waals surface area contributed by atoms with Gasteiger partial charge >= 0.3 is 0 Å². The Labute approximate surface area is 128 Å². The summed E-state index contributed by atoms with van der Waals surface area (Å²) in [6, 6.07) is 14.9. The van der Waals surface area contributed by atoms with Crippen molar-refractivity contribution in [2.45, 2.75) is 19.8 Å². The highest BCUT2D eigenvalue weighted by atomic mass is 16.1. The standard InChI is InChI=1S/C18H16N2O2/c1-12-6-8-13(9-7-12)16(21)10-11-17(22)18-14-4-2-3-5-15(14)19-20-18/h2-9H,10-11H2,1H3,(H,19,20). The molecule has 0 fully saturated rings. The largest absolute Gasteiger partial charge is 0.294 e. The maximum absolute atomic E-state index is 12.3. The number of carbonyl (C=O) groups excluding carboxylic acids is 2. The lowest BCUT2D eigenvalue weighted by molar-refractivity contribution is 0.0915. The first-order valence-corrected chi connectivity index (χ1v) is 7.21. The summed E-state index contributed by atoms with van der Waals surface area (Å²) in [5.41, 5.74) is 2.99. The van der Waals surface area contributed by atoms with Gasteiger partial charge in [0.25, 0.3) is 0 Å². The van der Waals surface area contributed by atoms with E-state index in [4.69, 9.17) is 0 Å². The molecule has 3 aromatic rings. The second-order valence-electron chi connectivity index (χ2n) is 5.33. The molecule has 0 bridgehead atoms. The summed E-state index contributed by atoms with van der Waals surface area (Å²) >= 11 is 0. The van der Waals surface area contributed by atoms with Crippen LogP contribution < -0.4 is 0 Å². The van der Waals surface area contributed by atoms with Crippen LogP contribution in [0.2, 0.25) is 0 Å². The number of rotatable bonds is 5. The first kappa shape index (κ1) is 14.2. The van der Waals surface area contributed by atoms with Crippen LogP contribution in [-0.4, -0.2) is 21.8 Å². The Morgan fingerprint density at radius 2 is 1.64 bits per heavy atom. The maximum atomic E-state index is 12.3. The molecule has 0 radical (unpaired) electrons. The lowest BCUT2D eigenvalue weighted by Crippen LogP contribution is -2.06. The molecule has 4 nitrogen and oxygen atoms in total. The first-order valence-electron chi connectivity index (χ1n) is 7.21. The molecule has 1 aromatic heterocycles. The van der Waals surface area contributed by atoms with Crippen molar-refractivity contribution in [3.05, 3.63) is 65.4 Å². The molecule has 1 heterocycles. The minimum absolute atomic E-state index is 0.0202. The summed E-state index contributed by atoms with van der Waals surface area (Å²) in [6.07, 6.45) is 0.366. The fourth-order valence-electron chi connectivity index (χ4n) is 2.41. The van der Waals surface area contributed by atoms with Crippen LogP contribution in [0, 0.1) is 6.92 Å². The van der Waals surface area contributed by atoms with Gasteiger partial charge in [0.15, 0.2) is 11.6 Å². The van der Waals surface area contributed by atoms with Crippen LogP contribution in [0.25, 0.3) is 10.9 Å². The summed E-state index contributed by atoms with van der Waals surface area (Å²) in [5, 5.41) is 7.71. The number of para-hydroxylation sites is 1. The van der Waals surface area contributed by atoms with Crippen LogP contribution in [0.3, 0.4) is 0 Å². The van der Waals surface area contributed by atoms with Gasteiger partial charge in [-0.1, -0.05) is 48.0 Å². The molecule has 0 spiro atoms. The van der Waals surface area contributed by atoms with Crippen molar-refractivity contribution in [3.8, 4) is 0 Å². The maximum Gasteiger partial charge on any atom is 0.184 e. The van der Waals surface area contributed by atoms with E-state index in [1.54, 1.807) is 12.1 Å². The van der Waals surface area contributed by atoms with Crippen molar-refractivity contribution in [2.75, 3.05) is 0 Å². The lowest BCUT2D eigenvalue weighted by Gasteiger charge is -2.01. The molecular weight excluding hydrogens is 276 g/mol. The molecule has 1 N–H and O–H groups in total. The zero-order valence-corrected chi connectivity index (χ0v) is 12.3. The number of H-pyrrole nitrogens is 1. The van der Waals surface area contributed by atoms with E-state index in [1.165, 1.54) is 0 Å². The monoisotopic (exact) mass is 292 g/mol. The molecule has 0 saturated heterocycles. The fraction of sp³-hybridized carbons (Fsp3) is 0.167. The quantitative estimate of drug-likeness (QED) is 0.729. The average molecular weight is 292 g/mol. The number of aryl methyl sites for hydroxylation is 1. The molecule has 0 aliphatic heterocycles. The molecule has 4 heteroatoms. The van der Waals surface area contributed by atoms with Gasteiger partial charge < -0.3 is 0 Å². The van der Waals surface area contributed by atoms with Crippen molar-refractivity contribution >= 4 is 22.5 Å². The molecule has 3 rings (SSSR count). The van der Waals surface area contributed by atoms with Crippen LogP contribution in [0.15, 0.2) is 48.5 Å². The summed E-state index contributed by atoms with van der Waals surface area (Å²) in [4.78, 5) is 24.4. The number of hydrogen-bond donors (Lipinski definition) is 1.